The van der Waals surface area contributed by atoms with Gasteiger partial charge in [0, 0.05) is 0 Å². The summed E-state index contributed by atoms with van der Waals surface area (Å²) in [5, 5.41) is 10.6. The third kappa shape index (κ3) is 11.2. The fourth-order valence-corrected chi connectivity index (χ4v) is 3.80. The standard InChI is InChI=1S/C26H47NO4/c1-7-8-9-10-11-12-13-14-15-16-17-18-19-20-23(28)22-21-30-26(5,6)27(22)24(29)31-25(2,3)4/h17-20,22-23,28H,7-16,21H2,1-6H3/b18-17+,20-19+/t22-,23-/m0/s1. The minimum atomic E-state index is -0.813. The number of amides is 1. The van der Waals surface area contributed by atoms with Crippen molar-refractivity contribution in [1.29, 1.82) is 0 Å². The normalized spacial score (nSPS) is 20.1. The first-order valence-electron chi connectivity index (χ1n) is 12.3. The van der Waals surface area contributed by atoms with Crippen LogP contribution in [0.25, 0.3) is 0 Å². The number of nitrogens with zero attached hydrogens (tertiary/aromatic N) is 1. The van der Waals surface area contributed by atoms with Crippen LogP contribution in [0.3, 0.4) is 0 Å². The molecule has 0 spiro atoms. The Morgan fingerprint density at radius 1 is 1.10 bits per heavy atom. The van der Waals surface area contributed by atoms with Gasteiger partial charge >= 0.3 is 6.09 Å². The molecule has 1 amide bonds. The molecule has 0 aromatic carbocycles. The highest BCUT2D eigenvalue weighted by Gasteiger charge is 2.47. The second-order valence-corrected chi connectivity index (χ2v) is 10.1. The number of hydrogen-bond acceptors (Lipinski definition) is 4. The molecule has 1 N–H and O–H groups in total. The first-order chi connectivity index (χ1) is 14.6. The van der Waals surface area contributed by atoms with Crippen molar-refractivity contribution in [2.75, 3.05) is 6.61 Å². The summed E-state index contributed by atoms with van der Waals surface area (Å²) < 4.78 is 11.3. The molecule has 1 aliphatic heterocycles. The van der Waals surface area contributed by atoms with E-state index in [1.54, 1.807) is 6.08 Å². The molecule has 5 heteroatoms. The SMILES string of the molecule is CCCCCCCCCCC/C=C/C=C/[C@H](O)[C@@H]1COC(C)(C)N1C(=O)OC(C)(C)C. The topological polar surface area (TPSA) is 59.0 Å². The maximum atomic E-state index is 12.7. The third-order valence-corrected chi connectivity index (χ3v) is 5.53. The smallest absolute Gasteiger partial charge is 0.413 e. The minimum Gasteiger partial charge on any atom is -0.444 e. The fraction of sp³-hybridized carbons (Fsp3) is 0.808. The lowest BCUT2D eigenvalue weighted by Gasteiger charge is -2.36. The summed E-state index contributed by atoms with van der Waals surface area (Å²) >= 11 is 0. The van der Waals surface area contributed by atoms with Crippen molar-refractivity contribution in [2.24, 2.45) is 0 Å². The van der Waals surface area contributed by atoms with E-state index in [2.05, 4.69) is 13.0 Å². The predicted molar refractivity (Wildman–Crippen MR) is 128 cm³/mol. The largest absolute Gasteiger partial charge is 0.444 e. The minimum absolute atomic E-state index is 0.278. The molecule has 0 unspecified atom stereocenters. The number of aliphatic hydroxyl groups is 1. The van der Waals surface area contributed by atoms with E-state index in [1.807, 2.05) is 46.8 Å². The molecule has 1 saturated heterocycles. The quantitative estimate of drug-likeness (QED) is 0.256. The van der Waals surface area contributed by atoms with Crippen molar-refractivity contribution in [2.45, 2.75) is 129 Å². The zero-order valence-electron chi connectivity index (χ0n) is 20.9. The molecule has 1 heterocycles. The van der Waals surface area contributed by atoms with Crippen LogP contribution in [0.15, 0.2) is 24.3 Å². The van der Waals surface area contributed by atoms with Crippen LogP contribution in [0.4, 0.5) is 4.79 Å². The van der Waals surface area contributed by atoms with Crippen molar-refractivity contribution >= 4 is 6.09 Å². The average Bonchev–Trinajstić information content (AvgIpc) is 2.99. The highest BCUT2D eigenvalue weighted by Crippen LogP contribution is 2.31. The summed E-state index contributed by atoms with van der Waals surface area (Å²) in [4.78, 5) is 14.2. The highest BCUT2D eigenvalue weighted by molar-refractivity contribution is 5.70. The van der Waals surface area contributed by atoms with E-state index in [4.69, 9.17) is 9.47 Å². The summed E-state index contributed by atoms with van der Waals surface area (Å²) in [7, 11) is 0. The van der Waals surface area contributed by atoms with Crippen molar-refractivity contribution in [3.63, 3.8) is 0 Å². The Morgan fingerprint density at radius 2 is 1.68 bits per heavy atom. The zero-order chi connectivity index (χ0) is 23.3. The Labute approximate surface area is 190 Å². The van der Waals surface area contributed by atoms with Gasteiger partial charge < -0.3 is 14.6 Å². The third-order valence-electron chi connectivity index (χ3n) is 5.53. The molecule has 0 aliphatic carbocycles. The molecule has 1 rings (SSSR count). The zero-order valence-corrected chi connectivity index (χ0v) is 20.9. The van der Waals surface area contributed by atoms with Gasteiger partial charge in [-0.25, -0.2) is 4.79 Å². The maximum Gasteiger partial charge on any atom is 0.413 e. The first kappa shape index (κ1) is 27.7. The van der Waals surface area contributed by atoms with Gasteiger partial charge in [0.25, 0.3) is 0 Å². The van der Waals surface area contributed by atoms with Crippen LogP contribution in [-0.4, -0.2) is 46.2 Å². The summed E-state index contributed by atoms with van der Waals surface area (Å²) in [5.74, 6) is 0. The number of unbranched alkanes of at least 4 members (excludes halogenated alkanes) is 9. The van der Waals surface area contributed by atoms with Crippen molar-refractivity contribution in [1.82, 2.24) is 4.90 Å². The van der Waals surface area contributed by atoms with E-state index in [-0.39, 0.29) is 6.61 Å². The van der Waals surface area contributed by atoms with Gasteiger partial charge in [0.1, 0.15) is 11.3 Å². The summed E-state index contributed by atoms with van der Waals surface area (Å²) in [5.41, 5.74) is -1.41. The Kier molecular flexibility index (Phi) is 12.5. The van der Waals surface area contributed by atoms with Crippen molar-refractivity contribution in [3.05, 3.63) is 24.3 Å². The van der Waals surface area contributed by atoms with Gasteiger partial charge in [-0.15, -0.1) is 0 Å². The Hall–Kier alpha value is -1.33. The molecule has 0 aromatic rings. The van der Waals surface area contributed by atoms with E-state index >= 15 is 0 Å². The lowest BCUT2D eigenvalue weighted by atomic mass is 10.1. The molecule has 0 bridgehead atoms. The van der Waals surface area contributed by atoms with Crippen molar-refractivity contribution in [3.8, 4) is 0 Å². The van der Waals surface area contributed by atoms with Crippen LogP contribution in [-0.2, 0) is 9.47 Å². The molecule has 0 aromatic heterocycles. The lowest BCUT2D eigenvalue weighted by molar-refractivity contribution is -0.0660. The molecule has 0 saturated carbocycles. The summed E-state index contributed by atoms with van der Waals surface area (Å²) in [6.45, 7) is 11.7. The molecule has 2 atom stereocenters. The number of carbonyl (C=O) groups is 1. The Balaban J connectivity index is 2.34. The Morgan fingerprint density at radius 3 is 2.26 bits per heavy atom. The maximum absolute atomic E-state index is 12.7. The molecule has 31 heavy (non-hydrogen) atoms. The van der Waals surface area contributed by atoms with Crippen LogP contribution < -0.4 is 0 Å². The number of ether oxygens (including phenoxy) is 2. The van der Waals surface area contributed by atoms with E-state index < -0.39 is 29.6 Å². The first-order valence-corrected chi connectivity index (χ1v) is 12.3. The van der Waals surface area contributed by atoms with Crippen LogP contribution in [0.1, 0.15) is 106 Å². The van der Waals surface area contributed by atoms with Gasteiger partial charge in [-0.2, -0.15) is 0 Å². The van der Waals surface area contributed by atoms with Crippen LogP contribution in [0.2, 0.25) is 0 Å². The van der Waals surface area contributed by atoms with Gasteiger partial charge in [-0.1, -0.05) is 82.6 Å². The second-order valence-electron chi connectivity index (χ2n) is 10.1. The lowest BCUT2D eigenvalue weighted by Crippen LogP contribution is -2.53. The summed E-state index contributed by atoms with van der Waals surface area (Å²) in [6, 6.07) is -0.466. The van der Waals surface area contributed by atoms with Gasteiger partial charge in [-0.05, 0) is 47.5 Å². The molecular weight excluding hydrogens is 390 g/mol. The Bertz CT molecular complexity index is 562. The van der Waals surface area contributed by atoms with E-state index in [9.17, 15) is 9.90 Å². The fourth-order valence-electron chi connectivity index (χ4n) is 3.80. The van der Waals surface area contributed by atoms with E-state index in [0.29, 0.717) is 0 Å². The van der Waals surface area contributed by atoms with Gasteiger partial charge in [-0.3, -0.25) is 4.90 Å². The van der Waals surface area contributed by atoms with Crippen LogP contribution in [0.5, 0.6) is 0 Å². The van der Waals surface area contributed by atoms with Gasteiger partial charge in [0.2, 0.25) is 0 Å². The molecule has 1 fully saturated rings. The molecular formula is C26H47NO4. The number of carbonyl (C=O) groups excluding carboxylic acids is 1. The molecule has 1 aliphatic rings. The predicted octanol–water partition coefficient (Wildman–Crippen LogP) is 6.75. The monoisotopic (exact) mass is 437 g/mol. The number of aliphatic hydroxyl groups excluding tert-OH is 1. The molecule has 0 radical (unpaired) electrons. The number of hydrogen-bond donors (Lipinski definition) is 1. The van der Waals surface area contributed by atoms with E-state index in [0.717, 1.165) is 6.42 Å². The molecule has 5 nitrogen and oxygen atoms in total. The highest BCUT2D eigenvalue weighted by atomic mass is 16.6. The van der Waals surface area contributed by atoms with Crippen LogP contribution >= 0.6 is 0 Å². The van der Waals surface area contributed by atoms with Gasteiger partial charge in [0.05, 0.1) is 18.8 Å². The number of allylic oxidation sites excluding steroid dienone is 3. The van der Waals surface area contributed by atoms with Crippen LogP contribution in [0, 0.1) is 0 Å². The summed E-state index contributed by atoms with van der Waals surface area (Å²) in [6.07, 6.45) is 19.5. The van der Waals surface area contributed by atoms with Gasteiger partial charge in [0.15, 0.2) is 0 Å². The van der Waals surface area contributed by atoms with Crippen molar-refractivity contribution < 1.29 is 19.4 Å². The number of rotatable bonds is 13. The average molecular weight is 438 g/mol. The van der Waals surface area contributed by atoms with E-state index in [1.165, 1.54) is 62.7 Å². The second kappa shape index (κ2) is 13.9. The molecule has 180 valence electrons.